The molecule has 1 unspecified atom stereocenters. The first-order valence-corrected chi connectivity index (χ1v) is 6.69. The van der Waals surface area contributed by atoms with Crippen molar-refractivity contribution in [2.45, 2.75) is 33.2 Å². The van der Waals surface area contributed by atoms with Crippen molar-refractivity contribution >= 4 is 17.8 Å². The molecule has 0 aromatic heterocycles. The largest absolute Gasteiger partial charge is 0.468 e. The highest BCUT2D eigenvalue weighted by atomic mass is 16.5. The van der Waals surface area contributed by atoms with Crippen LogP contribution in [0.4, 0.5) is 0 Å². The van der Waals surface area contributed by atoms with Gasteiger partial charge in [0.1, 0.15) is 6.04 Å². The van der Waals surface area contributed by atoms with Gasteiger partial charge in [-0.25, -0.2) is 0 Å². The summed E-state index contributed by atoms with van der Waals surface area (Å²) in [6.07, 6.45) is 0.603. The van der Waals surface area contributed by atoms with Crippen LogP contribution in [0.15, 0.2) is 0 Å². The van der Waals surface area contributed by atoms with Gasteiger partial charge < -0.3 is 15.4 Å². The Morgan fingerprint density at radius 2 is 1.70 bits per heavy atom. The number of methoxy groups -OCH3 is 1. The summed E-state index contributed by atoms with van der Waals surface area (Å²) in [7, 11) is 1.32. The van der Waals surface area contributed by atoms with E-state index in [0.29, 0.717) is 25.4 Å². The van der Waals surface area contributed by atoms with Crippen molar-refractivity contribution in [1.29, 1.82) is 0 Å². The molecule has 0 spiro atoms. The van der Waals surface area contributed by atoms with Crippen molar-refractivity contribution in [2.24, 2.45) is 5.92 Å². The van der Waals surface area contributed by atoms with E-state index in [1.165, 1.54) is 14.0 Å². The number of hydrogen-bond donors (Lipinski definition) is 3. The molecule has 0 aliphatic rings. The van der Waals surface area contributed by atoms with E-state index in [2.05, 4.69) is 20.7 Å². The van der Waals surface area contributed by atoms with E-state index >= 15 is 0 Å². The van der Waals surface area contributed by atoms with Gasteiger partial charge in [-0.3, -0.25) is 19.7 Å². The molecule has 7 heteroatoms. The van der Waals surface area contributed by atoms with Gasteiger partial charge in [0.2, 0.25) is 11.8 Å². The van der Waals surface area contributed by atoms with Crippen molar-refractivity contribution in [2.75, 3.05) is 26.7 Å². The molecule has 0 saturated carbocycles. The minimum atomic E-state index is -0.485. The molecular weight excluding hydrogens is 262 g/mol. The Kier molecular flexibility index (Phi) is 9.36. The first-order valence-electron chi connectivity index (χ1n) is 6.69. The standard InChI is InChI=1S/C13H25N3O4/c1-9(2)7-11(13(19)20-4)16-8-12(18)15-6-5-14-10(3)17/h9,11,16H,5-8H2,1-4H3,(H,14,17)(H,15,18). The van der Waals surface area contributed by atoms with Crippen molar-refractivity contribution in [3.05, 3.63) is 0 Å². The Morgan fingerprint density at radius 1 is 1.10 bits per heavy atom. The number of carbonyl (C=O) groups is 3. The van der Waals surface area contributed by atoms with E-state index in [4.69, 9.17) is 0 Å². The summed E-state index contributed by atoms with van der Waals surface area (Å²) in [6.45, 7) is 6.17. The molecule has 20 heavy (non-hydrogen) atoms. The van der Waals surface area contributed by atoms with Crippen LogP contribution in [0, 0.1) is 5.92 Å². The summed E-state index contributed by atoms with van der Waals surface area (Å²) < 4.78 is 4.69. The smallest absolute Gasteiger partial charge is 0.322 e. The van der Waals surface area contributed by atoms with Crippen LogP contribution in [0.3, 0.4) is 0 Å². The van der Waals surface area contributed by atoms with Crippen molar-refractivity contribution in [3.8, 4) is 0 Å². The summed E-state index contributed by atoms with van der Waals surface area (Å²) in [5.41, 5.74) is 0. The second-order valence-corrected chi connectivity index (χ2v) is 4.92. The average Bonchev–Trinajstić information content (AvgIpc) is 2.38. The lowest BCUT2D eigenvalue weighted by Crippen LogP contribution is -2.45. The van der Waals surface area contributed by atoms with E-state index in [1.54, 1.807) is 0 Å². The van der Waals surface area contributed by atoms with Gasteiger partial charge in [0, 0.05) is 20.0 Å². The zero-order chi connectivity index (χ0) is 15.5. The summed E-state index contributed by atoms with van der Waals surface area (Å²) in [4.78, 5) is 33.7. The third kappa shape index (κ3) is 9.32. The van der Waals surface area contributed by atoms with Gasteiger partial charge in [0.15, 0.2) is 0 Å². The van der Waals surface area contributed by atoms with Gasteiger partial charge in [-0.05, 0) is 12.3 Å². The molecule has 0 heterocycles. The van der Waals surface area contributed by atoms with E-state index in [1.807, 2.05) is 13.8 Å². The average molecular weight is 287 g/mol. The van der Waals surface area contributed by atoms with Gasteiger partial charge in [0.25, 0.3) is 0 Å². The molecular formula is C13H25N3O4. The summed E-state index contributed by atoms with van der Waals surface area (Å²) in [5.74, 6) is -0.424. The summed E-state index contributed by atoms with van der Waals surface area (Å²) in [6, 6.07) is -0.485. The van der Waals surface area contributed by atoms with Crippen LogP contribution in [0.2, 0.25) is 0 Å². The van der Waals surface area contributed by atoms with Crippen LogP contribution in [0.5, 0.6) is 0 Å². The zero-order valence-electron chi connectivity index (χ0n) is 12.6. The highest BCUT2D eigenvalue weighted by Crippen LogP contribution is 2.05. The predicted molar refractivity (Wildman–Crippen MR) is 75.0 cm³/mol. The second kappa shape index (κ2) is 10.2. The molecule has 0 aromatic rings. The van der Waals surface area contributed by atoms with E-state index < -0.39 is 6.04 Å². The number of hydrogen-bond acceptors (Lipinski definition) is 5. The number of esters is 1. The predicted octanol–water partition coefficient (Wildman–Crippen LogP) is -0.584. The molecule has 0 aliphatic carbocycles. The normalized spacial score (nSPS) is 11.8. The number of ether oxygens (including phenoxy) is 1. The monoisotopic (exact) mass is 287 g/mol. The van der Waals surface area contributed by atoms with E-state index in [-0.39, 0.29) is 24.3 Å². The molecule has 0 aromatic carbocycles. The summed E-state index contributed by atoms with van der Waals surface area (Å²) in [5, 5.41) is 8.08. The van der Waals surface area contributed by atoms with Gasteiger partial charge in [-0.2, -0.15) is 0 Å². The van der Waals surface area contributed by atoms with Crippen LogP contribution >= 0.6 is 0 Å². The zero-order valence-corrected chi connectivity index (χ0v) is 12.6. The van der Waals surface area contributed by atoms with Crippen LogP contribution in [-0.4, -0.2) is 50.6 Å². The molecule has 0 saturated heterocycles. The van der Waals surface area contributed by atoms with Crippen LogP contribution in [0.25, 0.3) is 0 Å². The molecule has 2 amide bonds. The maximum atomic E-state index is 11.6. The number of nitrogens with one attached hydrogen (secondary N) is 3. The first kappa shape index (κ1) is 18.4. The Morgan fingerprint density at radius 3 is 2.20 bits per heavy atom. The molecule has 0 bridgehead atoms. The fourth-order valence-corrected chi connectivity index (χ4v) is 1.60. The van der Waals surface area contributed by atoms with Crippen LogP contribution in [0.1, 0.15) is 27.2 Å². The third-order valence-corrected chi connectivity index (χ3v) is 2.52. The lowest BCUT2D eigenvalue weighted by atomic mass is 10.0. The van der Waals surface area contributed by atoms with E-state index in [0.717, 1.165) is 0 Å². The Hall–Kier alpha value is -1.63. The molecule has 0 radical (unpaired) electrons. The van der Waals surface area contributed by atoms with Crippen LogP contribution < -0.4 is 16.0 Å². The van der Waals surface area contributed by atoms with Gasteiger partial charge in [-0.15, -0.1) is 0 Å². The molecule has 0 rings (SSSR count). The molecule has 0 aliphatic heterocycles. The maximum Gasteiger partial charge on any atom is 0.322 e. The maximum absolute atomic E-state index is 11.6. The Balaban J connectivity index is 3.98. The van der Waals surface area contributed by atoms with Crippen molar-refractivity contribution in [3.63, 3.8) is 0 Å². The highest BCUT2D eigenvalue weighted by molar-refractivity contribution is 5.80. The Bertz CT molecular complexity index is 332. The molecule has 7 nitrogen and oxygen atoms in total. The summed E-state index contributed by atoms with van der Waals surface area (Å²) >= 11 is 0. The Labute approximate surface area is 119 Å². The minimum Gasteiger partial charge on any atom is -0.468 e. The highest BCUT2D eigenvalue weighted by Gasteiger charge is 2.20. The topological polar surface area (TPSA) is 96.5 Å². The quantitative estimate of drug-likeness (QED) is 0.389. The van der Waals surface area contributed by atoms with Crippen molar-refractivity contribution in [1.82, 2.24) is 16.0 Å². The fraction of sp³-hybridized carbons (Fsp3) is 0.769. The lowest BCUT2D eigenvalue weighted by molar-refractivity contribution is -0.143. The van der Waals surface area contributed by atoms with Gasteiger partial charge in [-0.1, -0.05) is 13.8 Å². The van der Waals surface area contributed by atoms with Crippen LogP contribution in [-0.2, 0) is 19.1 Å². The number of amides is 2. The van der Waals surface area contributed by atoms with Gasteiger partial charge in [0.05, 0.1) is 13.7 Å². The second-order valence-electron chi connectivity index (χ2n) is 4.92. The minimum absolute atomic E-state index is 0.0343. The third-order valence-electron chi connectivity index (χ3n) is 2.52. The molecule has 3 N–H and O–H groups in total. The van der Waals surface area contributed by atoms with E-state index in [9.17, 15) is 14.4 Å². The van der Waals surface area contributed by atoms with Crippen molar-refractivity contribution < 1.29 is 19.1 Å². The molecule has 0 fully saturated rings. The lowest BCUT2D eigenvalue weighted by Gasteiger charge is -2.18. The first-order chi connectivity index (χ1) is 9.36. The van der Waals surface area contributed by atoms with Gasteiger partial charge >= 0.3 is 5.97 Å². The number of carbonyl (C=O) groups excluding carboxylic acids is 3. The number of rotatable bonds is 9. The fourth-order valence-electron chi connectivity index (χ4n) is 1.60. The SMILES string of the molecule is COC(=O)C(CC(C)C)NCC(=O)NCCNC(C)=O. The molecule has 1 atom stereocenters. The molecule has 116 valence electrons.